The molecule has 5 N–H and O–H groups in total. The van der Waals surface area contributed by atoms with Gasteiger partial charge in [-0.3, -0.25) is 34.1 Å². The minimum absolute atomic E-state index is 0.0327. The highest BCUT2D eigenvalue weighted by atomic mass is 32.1. The zero-order valence-corrected chi connectivity index (χ0v) is 44.0. The molecule has 3 unspecified atom stereocenters. The van der Waals surface area contributed by atoms with Gasteiger partial charge in [0.2, 0.25) is 11.8 Å². The molecular formula is C54H73N9O7S. The first-order valence-electron chi connectivity index (χ1n) is 24.3. The summed E-state index contributed by atoms with van der Waals surface area (Å²) >= 11 is 1.19. The van der Waals surface area contributed by atoms with Crippen molar-refractivity contribution in [2.45, 2.75) is 105 Å². The second kappa shape index (κ2) is 25.8. The summed E-state index contributed by atoms with van der Waals surface area (Å²) in [6, 6.07) is 14.6. The number of Topliss-reactive ketones (excluding diaryl/α,β-unsaturated/α-hetero) is 1. The Kier molecular flexibility index (Phi) is 20.3. The fourth-order valence-electron chi connectivity index (χ4n) is 9.39. The number of methoxy groups -OCH3 is 1. The number of anilines is 1. The lowest BCUT2D eigenvalue weighted by Crippen LogP contribution is -2.58. The van der Waals surface area contributed by atoms with Crippen molar-refractivity contribution in [1.82, 2.24) is 40.5 Å². The molecule has 4 heterocycles. The van der Waals surface area contributed by atoms with Gasteiger partial charge in [0.05, 0.1) is 23.5 Å². The first-order valence-corrected chi connectivity index (χ1v) is 25.2. The van der Waals surface area contributed by atoms with Gasteiger partial charge >= 0.3 is 0 Å². The van der Waals surface area contributed by atoms with E-state index in [2.05, 4.69) is 76.0 Å². The van der Waals surface area contributed by atoms with E-state index in [1.165, 1.54) is 17.4 Å². The van der Waals surface area contributed by atoms with Gasteiger partial charge in [-0.2, -0.15) is 0 Å². The number of phenolic OH excluding ortho intramolecular Hbond substituents is 1. The number of aldehydes is 1. The number of aromatic nitrogens is 3. The molecule has 1 aliphatic heterocycles. The number of nitrogens with one attached hydrogen (secondary N) is 4. The smallest absolute Gasteiger partial charge is 0.259 e. The van der Waals surface area contributed by atoms with E-state index in [0.29, 0.717) is 56.1 Å². The van der Waals surface area contributed by atoms with E-state index in [1.807, 2.05) is 51.9 Å². The molecule has 6 rings (SSSR count). The largest absolute Gasteiger partial charge is 0.508 e. The molecule has 3 amide bonds. The Morgan fingerprint density at radius 2 is 1.82 bits per heavy atom. The van der Waals surface area contributed by atoms with E-state index >= 15 is 0 Å². The lowest BCUT2D eigenvalue weighted by atomic mass is 9.80. The molecule has 3 aromatic heterocycles. The Balaban J connectivity index is 0.000000533. The number of rotatable bonds is 21. The number of fused-ring (bicyclic) bond motifs is 1. The van der Waals surface area contributed by atoms with Crippen molar-refractivity contribution in [3.8, 4) is 28.1 Å². The third-order valence-corrected chi connectivity index (χ3v) is 13.1. The molecule has 1 aliphatic rings. The average Bonchev–Trinajstić information content (AvgIpc) is 3.91. The van der Waals surface area contributed by atoms with Crippen molar-refractivity contribution in [1.29, 1.82) is 0 Å². The van der Waals surface area contributed by atoms with Gasteiger partial charge in [0.15, 0.2) is 11.3 Å². The summed E-state index contributed by atoms with van der Waals surface area (Å²) in [6.07, 6.45) is 8.46. The quantitative estimate of drug-likeness (QED) is 0.0354. The molecule has 2 aromatic carbocycles. The van der Waals surface area contributed by atoms with Crippen molar-refractivity contribution in [2.75, 3.05) is 53.2 Å². The maximum atomic E-state index is 14.0. The summed E-state index contributed by atoms with van der Waals surface area (Å²) in [5, 5.41) is 24.3. The van der Waals surface area contributed by atoms with Crippen LogP contribution >= 0.6 is 11.3 Å². The summed E-state index contributed by atoms with van der Waals surface area (Å²) in [6.45, 7) is 16.6. The van der Waals surface area contributed by atoms with Gasteiger partial charge in [-0.25, -0.2) is 10.4 Å². The molecule has 5 aromatic rings. The Morgan fingerprint density at radius 3 is 2.44 bits per heavy atom. The van der Waals surface area contributed by atoms with Crippen LogP contribution in [0, 0.1) is 11.3 Å². The number of carbonyl (C=O) groups is 5. The Labute approximate surface area is 422 Å². The number of aryl methyl sites for hydroxylation is 1. The minimum Gasteiger partial charge on any atom is -0.508 e. The number of nitrogens with zero attached hydrogens (tertiary/aromatic N) is 5. The summed E-state index contributed by atoms with van der Waals surface area (Å²) in [4.78, 5) is 72.2. The molecule has 3 atom stereocenters. The second-order valence-electron chi connectivity index (χ2n) is 19.4. The monoisotopic (exact) mass is 992 g/mol. The molecule has 17 heteroatoms. The van der Waals surface area contributed by atoms with Crippen LogP contribution in [0.4, 0.5) is 5.82 Å². The molecule has 0 bridgehead atoms. The fraction of sp³-hybridized carbons (Fsp3) is 0.463. The van der Waals surface area contributed by atoms with Crippen molar-refractivity contribution in [3.05, 3.63) is 94.1 Å². The predicted molar refractivity (Wildman–Crippen MR) is 282 cm³/mol. The van der Waals surface area contributed by atoms with Crippen molar-refractivity contribution in [2.24, 2.45) is 11.3 Å². The highest BCUT2D eigenvalue weighted by Crippen LogP contribution is 2.42. The number of thiazole rings is 1. The summed E-state index contributed by atoms with van der Waals surface area (Å²) in [7, 11) is 7.22. The Hall–Kier alpha value is -6.11. The van der Waals surface area contributed by atoms with Crippen LogP contribution in [0.25, 0.3) is 33.3 Å². The molecule has 0 spiro atoms. The molecule has 382 valence electrons. The SMILES string of the molecule is CCn1c(-c2cccnc2C(C)OC)c(CC(C)(C)CC(C)=O)c2cc(-c3cc(O)cc(CC(NC(=O)C(C(C)C)N(C)C)C(=O)N4CCCCN4)c3)ccc21.CNC/C=C/C(=O)Nc1csc(C=O)n1. The van der Waals surface area contributed by atoms with E-state index < -0.39 is 12.1 Å². The van der Waals surface area contributed by atoms with Crippen LogP contribution < -0.4 is 21.4 Å². The van der Waals surface area contributed by atoms with Crippen molar-refractivity contribution >= 4 is 57.8 Å². The van der Waals surface area contributed by atoms with E-state index in [9.17, 15) is 29.1 Å². The molecule has 0 saturated carbocycles. The van der Waals surface area contributed by atoms with Crippen LogP contribution in [0.1, 0.15) is 100 Å². The first kappa shape index (κ1) is 55.8. The van der Waals surface area contributed by atoms with E-state index in [4.69, 9.17) is 9.72 Å². The van der Waals surface area contributed by atoms with Crippen LogP contribution in [0.15, 0.2) is 72.3 Å². The van der Waals surface area contributed by atoms with Crippen molar-refractivity contribution in [3.63, 3.8) is 0 Å². The third-order valence-electron chi connectivity index (χ3n) is 12.4. The highest BCUT2D eigenvalue weighted by Gasteiger charge is 2.33. The van der Waals surface area contributed by atoms with Gasteiger partial charge in [0.25, 0.3) is 5.91 Å². The molecule has 1 saturated heterocycles. The standard InChI is InChI=1S/C45H62N6O5.C9H11N3O2S/c1-11-50-39-17-16-32(25-36(39)37(27-45(6,7)26-29(4)52)42(50)35-15-14-18-46-40(35)30(5)56-10)33-21-31(22-34(53)24-33)23-38(44(55)51-20-13-12-19-47-51)48-43(54)41(28(2)3)49(8)9;1-10-4-2-3-8(14)11-7-6-15-9(5-13)12-7/h14-18,21-22,24-25,28,30,38,41,47,53H,11-13,19-20,23,26-27H2,1-10H3,(H,48,54);2-3,5-6,10H,4H2,1H3,(H,11,14)/b;3-2+. The lowest BCUT2D eigenvalue weighted by molar-refractivity contribution is -0.141. The molecular weight excluding hydrogens is 919 g/mol. The van der Waals surface area contributed by atoms with Crippen LogP contribution in [-0.2, 0) is 43.3 Å². The second-order valence-corrected chi connectivity index (χ2v) is 20.3. The zero-order chi connectivity index (χ0) is 52.0. The molecule has 71 heavy (non-hydrogen) atoms. The lowest BCUT2D eigenvalue weighted by Gasteiger charge is -2.33. The molecule has 0 radical (unpaired) electrons. The number of ether oxygens (including phenoxy) is 1. The third kappa shape index (κ3) is 15.0. The summed E-state index contributed by atoms with van der Waals surface area (Å²) in [5.41, 5.74) is 10.4. The van der Waals surface area contributed by atoms with Gasteiger partial charge in [0, 0.05) is 80.2 Å². The molecule has 16 nitrogen and oxygen atoms in total. The summed E-state index contributed by atoms with van der Waals surface area (Å²) in [5.74, 6) is -0.0136. The summed E-state index contributed by atoms with van der Waals surface area (Å²) < 4.78 is 8.10. The highest BCUT2D eigenvalue weighted by molar-refractivity contribution is 7.11. The van der Waals surface area contributed by atoms with Crippen molar-refractivity contribution < 1.29 is 33.8 Å². The number of pyridine rings is 1. The van der Waals surface area contributed by atoms with Gasteiger partial charge in [0.1, 0.15) is 23.4 Å². The number of ketones is 1. The number of hydrogen-bond donors (Lipinski definition) is 5. The number of benzene rings is 2. The number of phenols is 1. The normalized spacial score (nSPS) is 14.3. The number of likely N-dealkylation sites (N-methyl/N-ethyl adjacent to an activating group) is 2. The van der Waals surface area contributed by atoms with Crippen LogP contribution in [-0.4, -0.2) is 119 Å². The Bertz CT molecular complexity index is 2660. The van der Waals surface area contributed by atoms with E-state index in [1.54, 1.807) is 55.9 Å². The maximum absolute atomic E-state index is 14.0. The number of amides is 3. The minimum atomic E-state index is -0.842. The van der Waals surface area contributed by atoms with Gasteiger partial charge in [-0.05, 0) is 131 Å². The Morgan fingerprint density at radius 1 is 1.06 bits per heavy atom. The van der Waals surface area contributed by atoms with Crippen LogP contribution in [0.2, 0.25) is 0 Å². The topological polar surface area (TPSA) is 200 Å². The maximum Gasteiger partial charge on any atom is 0.259 e. The molecule has 0 aliphatic carbocycles. The van der Waals surface area contributed by atoms with Gasteiger partial charge in [-0.1, -0.05) is 45.9 Å². The van der Waals surface area contributed by atoms with Crippen LogP contribution in [0.5, 0.6) is 5.75 Å². The average molecular weight is 992 g/mol. The molecule has 1 fully saturated rings. The van der Waals surface area contributed by atoms with Crippen LogP contribution in [0.3, 0.4) is 0 Å². The number of hydrogen-bond acceptors (Lipinski definition) is 13. The number of aromatic hydroxyl groups is 1. The van der Waals surface area contributed by atoms with E-state index in [0.717, 1.165) is 62.9 Å². The zero-order valence-electron chi connectivity index (χ0n) is 43.2. The van der Waals surface area contributed by atoms with Gasteiger partial charge < -0.3 is 35.2 Å². The number of carbonyl (C=O) groups excluding carboxylic acids is 5. The van der Waals surface area contributed by atoms with E-state index in [-0.39, 0.29) is 53.1 Å². The van der Waals surface area contributed by atoms with Gasteiger partial charge in [-0.15, -0.1) is 11.3 Å². The number of hydrazine groups is 1. The first-order chi connectivity index (χ1) is 33.8. The fourth-order valence-corrected chi connectivity index (χ4v) is 9.94. The predicted octanol–water partition coefficient (Wildman–Crippen LogP) is 7.76.